The lowest BCUT2D eigenvalue weighted by atomic mass is 9.67. The minimum atomic E-state index is -0.589. The van der Waals surface area contributed by atoms with Crippen molar-refractivity contribution in [2.24, 2.45) is 0 Å². The van der Waals surface area contributed by atoms with Crippen molar-refractivity contribution < 1.29 is 4.42 Å². The van der Waals surface area contributed by atoms with E-state index in [-0.39, 0.29) is 0 Å². The van der Waals surface area contributed by atoms with E-state index in [0.717, 1.165) is 55.6 Å². The Balaban J connectivity index is 1.38. The van der Waals surface area contributed by atoms with Crippen molar-refractivity contribution in [2.45, 2.75) is 5.41 Å². The van der Waals surface area contributed by atoms with Gasteiger partial charge >= 0.3 is 0 Å². The molecule has 50 heavy (non-hydrogen) atoms. The molecular weight excluding hydrogens is 609 g/mol. The summed E-state index contributed by atoms with van der Waals surface area (Å²) in [4.78, 5) is 10.5. The van der Waals surface area contributed by atoms with Gasteiger partial charge in [0.2, 0.25) is 0 Å². The molecule has 9 aromatic rings. The molecule has 0 aliphatic heterocycles. The van der Waals surface area contributed by atoms with Gasteiger partial charge in [0.25, 0.3) is 0 Å². The first-order valence-corrected chi connectivity index (χ1v) is 17.0. The van der Waals surface area contributed by atoms with Crippen LogP contribution in [-0.4, -0.2) is 9.97 Å². The highest BCUT2D eigenvalue weighted by Crippen LogP contribution is 2.59. The van der Waals surface area contributed by atoms with E-state index in [4.69, 9.17) is 14.4 Å². The Kier molecular flexibility index (Phi) is 6.40. The van der Waals surface area contributed by atoms with Gasteiger partial charge in [0, 0.05) is 33.0 Å². The van der Waals surface area contributed by atoms with E-state index in [0.29, 0.717) is 5.82 Å². The average molecular weight is 639 g/mol. The lowest BCUT2D eigenvalue weighted by Gasteiger charge is -2.34. The highest BCUT2D eigenvalue weighted by molar-refractivity contribution is 6.18. The van der Waals surface area contributed by atoms with Gasteiger partial charge in [-0.25, -0.2) is 9.97 Å². The van der Waals surface area contributed by atoms with Crippen LogP contribution in [0.1, 0.15) is 22.3 Å². The lowest BCUT2D eigenvalue weighted by Crippen LogP contribution is -2.28. The maximum absolute atomic E-state index is 6.97. The molecule has 0 N–H and O–H groups in total. The van der Waals surface area contributed by atoms with Gasteiger partial charge in [-0.05, 0) is 46.0 Å². The Morgan fingerprint density at radius 1 is 0.440 bits per heavy atom. The van der Waals surface area contributed by atoms with E-state index >= 15 is 0 Å². The number of hydrogen-bond donors (Lipinski definition) is 0. The number of para-hydroxylation sites is 1. The van der Waals surface area contributed by atoms with Crippen LogP contribution in [0.15, 0.2) is 186 Å². The van der Waals surface area contributed by atoms with Crippen molar-refractivity contribution in [3.8, 4) is 45.0 Å². The van der Waals surface area contributed by atoms with E-state index in [9.17, 15) is 0 Å². The molecule has 0 fully saturated rings. The molecule has 2 heterocycles. The third-order valence-electron chi connectivity index (χ3n) is 10.2. The fourth-order valence-electron chi connectivity index (χ4n) is 8.06. The second kappa shape index (κ2) is 11.3. The van der Waals surface area contributed by atoms with Gasteiger partial charge in [0.15, 0.2) is 5.82 Å². The summed E-state index contributed by atoms with van der Waals surface area (Å²) in [5.41, 5.74) is 13.0. The molecule has 0 amide bonds. The van der Waals surface area contributed by atoms with E-state index < -0.39 is 5.41 Å². The maximum atomic E-state index is 6.97. The summed E-state index contributed by atoms with van der Waals surface area (Å²) in [6, 6.07) is 64.1. The van der Waals surface area contributed by atoms with Crippen LogP contribution in [0.4, 0.5) is 0 Å². The van der Waals surface area contributed by atoms with Crippen LogP contribution >= 0.6 is 0 Å². The number of nitrogens with zero attached hydrogens (tertiary/aromatic N) is 2. The van der Waals surface area contributed by atoms with Gasteiger partial charge in [0.05, 0.1) is 16.8 Å². The Bertz CT molecular complexity index is 2580. The zero-order chi connectivity index (χ0) is 33.1. The van der Waals surface area contributed by atoms with Crippen molar-refractivity contribution in [1.29, 1.82) is 0 Å². The van der Waals surface area contributed by atoms with Crippen LogP contribution in [0.2, 0.25) is 0 Å². The van der Waals surface area contributed by atoms with E-state index in [1.807, 2.05) is 30.3 Å². The second-order valence-corrected chi connectivity index (χ2v) is 12.9. The van der Waals surface area contributed by atoms with Crippen molar-refractivity contribution in [3.05, 3.63) is 204 Å². The van der Waals surface area contributed by atoms with Gasteiger partial charge in [-0.3, -0.25) is 0 Å². The molecule has 0 saturated heterocycles. The first-order valence-electron chi connectivity index (χ1n) is 17.0. The zero-order valence-corrected chi connectivity index (χ0v) is 27.1. The van der Waals surface area contributed by atoms with E-state index in [1.165, 1.54) is 27.8 Å². The van der Waals surface area contributed by atoms with Gasteiger partial charge in [-0.15, -0.1) is 0 Å². The Hall–Kier alpha value is -6.58. The molecule has 0 atom stereocenters. The molecule has 0 unspecified atom stereocenters. The van der Waals surface area contributed by atoms with Gasteiger partial charge < -0.3 is 4.42 Å². The summed E-state index contributed by atoms with van der Waals surface area (Å²) < 4.78 is 6.97. The fraction of sp³-hybridized carbons (Fsp3) is 0.0213. The SMILES string of the molecule is c1ccc(-c2cc(-c3cc4c(c5oc6ccccc6c35)-c3ccccc3C4(c3ccccc3)c3ccccc3)nc(-c3ccccc3)n2)cc1. The zero-order valence-electron chi connectivity index (χ0n) is 27.1. The number of aromatic nitrogens is 2. The van der Waals surface area contributed by atoms with E-state index in [2.05, 4.69) is 152 Å². The summed E-state index contributed by atoms with van der Waals surface area (Å²) in [5.74, 6) is 0.684. The first kappa shape index (κ1) is 28.4. The smallest absolute Gasteiger partial charge is 0.160 e. The molecule has 0 bridgehead atoms. The van der Waals surface area contributed by atoms with Crippen LogP contribution in [-0.2, 0) is 5.41 Å². The molecular formula is C47H30N2O. The first-order chi connectivity index (χ1) is 24.8. The summed E-state index contributed by atoms with van der Waals surface area (Å²) in [6.07, 6.45) is 0. The molecule has 0 radical (unpaired) electrons. The highest BCUT2D eigenvalue weighted by Gasteiger charge is 2.48. The predicted octanol–water partition coefficient (Wildman–Crippen LogP) is 11.7. The summed E-state index contributed by atoms with van der Waals surface area (Å²) in [7, 11) is 0. The minimum Gasteiger partial charge on any atom is -0.455 e. The molecule has 1 aliphatic rings. The molecule has 0 spiro atoms. The van der Waals surface area contributed by atoms with Gasteiger partial charge in [-0.2, -0.15) is 0 Å². The summed E-state index contributed by atoms with van der Waals surface area (Å²) >= 11 is 0. The quantitative estimate of drug-likeness (QED) is 0.188. The highest BCUT2D eigenvalue weighted by atomic mass is 16.3. The fourth-order valence-corrected chi connectivity index (χ4v) is 8.06. The third kappa shape index (κ3) is 4.17. The standard InChI is InChI=1S/C47H30N2O/c1-5-17-31(18-6-1)40-30-41(49-46(48-40)32-19-7-2-8-20-32)37-29-39-44(45-43(37)36-26-14-16-28-42(36)50-45)35-25-13-15-27-38(35)47(39,33-21-9-3-10-22-33)34-23-11-4-12-24-34/h1-30H. The summed E-state index contributed by atoms with van der Waals surface area (Å²) in [5, 5.41) is 2.12. The molecule has 2 aromatic heterocycles. The molecule has 3 nitrogen and oxygen atoms in total. The van der Waals surface area contributed by atoms with Crippen molar-refractivity contribution in [2.75, 3.05) is 0 Å². The number of hydrogen-bond acceptors (Lipinski definition) is 3. The van der Waals surface area contributed by atoms with Crippen LogP contribution < -0.4 is 0 Å². The van der Waals surface area contributed by atoms with Crippen molar-refractivity contribution in [1.82, 2.24) is 9.97 Å². The number of fused-ring (bicyclic) bond motifs is 7. The number of furan rings is 1. The molecule has 10 rings (SSSR count). The predicted molar refractivity (Wildman–Crippen MR) is 203 cm³/mol. The summed E-state index contributed by atoms with van der Waals surface area (Å²) in [6.45, 7) is 0. The Labute approximate surface area is 290 Å². The topological polar surface area (TPSA) is 38.9 Å². The van der Waals surface area contributed by atoms with Crippen molar-refractivity contribution in [3.63, 3.8) is 0 Å². The van der Waals surface area contributed by atoms with Crippen LogP contribution in [0.3, 0.4) is 0 Å². The molecule has 234 valence electrons. The van der Waals surface area contributed by atoms with Crippen LogP contribution in [0.5, 0.6) is 0 Å². The van der Waals surface area contributed by atoms with Gasteiger partial charge in [0.1, 0.15) is 11.2 Å². The van der Waals surface area contributed by atoms with E-state index in [1.54, 1.807) is 0 Å². The monoisotopic (exact) mass is 638 g/mol. The van der Waals surface area contributed by atoms with Gasteiger partial charge in [-0.1, -0.05) is 164 Å². The molecule has 7 aromatic carbocycles. The third-order valence-corrected chi connectivity index (χ3v) is 10.2. The Morgan fingerprint density at radius 3 is 1.70 bits per heavy atom. The average Bonchev–Trinajstić information content (AvgIpc) is 3.73. The Morgan fingerprint density at radius 2 is 1.00 bits per heavy atom. The number of rotatable bonds is 5. The molecule has 3 heteroatoms. The van der Waals surface area contributed by atoms with Crippen LogP contribution in [0, 0.1) is 0 Å². The molecule has 0 saturated carbocycles. The lowest BCUT2D eigenvalue weighted by molar-refractivity contribution is 0.669. The van der Waals surface area contributed by atoms with Crippen molar-refractivity contribution >= 4 is 21.9 Å². The second-order valence-electron chi connectivity index (χ2n) is 12.9. The number of benzene rings is 7. The van der Waals surface area contributed by atoms with Crippen LogP contribution in [0.25, 0.3) is 67.0 Å². The maximum Gasteiger partial charge on any atom is 0.160 e. The normalized spacial score (nSPS) is 13.0. The molecule has 1 aliphatic carbocycles. The minimum absolute atomic E-state index is 0.589. The largest absolute Gasteiger partial charge is 0.455 e.